The van der Waals surface area contributed by atoms with Crippen LogP contribution in [0.5, 0.6) is 0 Å². The van der Waals surface area contributed by atoms with Crippen LogP contribution in [0.25, 0.3) is 11.2 Å². The fourth-order valence-electron chi connectivity index (χ4n) is 8.96. The van der Waals surface area contributed by atoms with E-state index in [-0.39, 0.29) is 35.3 Å². The minimum absolute atomic E-state index is 0.0176. The molecule has 7 rings (SSSR count). The number of nitrogens with two attached hydrogens (primary N) is 1. The summed E-state index contributed by atoms with van der Waals surface area (Å²) in [4.78, 5) is 23.8. The number of halogens is 2. The molecule has 2 aromatic rings. The number of hydrogen-bond acceptors (Lipinski definition) is 10. The lowest BCUT2D eigenvalue weighted by Crippen LogP contribution is -2.68. The predicted octanol–water partition coefficient (Wildman–Crippen LogP) is 3.03. The summed E-state index contributed by atoms with van der Waals surface area (Å²) in [6.07, 6.45) is 4.62. The lowest BCUT2D eigenvalue weighted by Gasteiger charge is -2.63. The number of aliphatic hydroxyl groups excluding tert-OH is 3. The van der Waals surface area contributed by atoms with Crippen LogP contribution in [-0.2, 0) is 9.53 Å². The van der Waals surface area contributed by atoms with Crippen LogP contribution >= 0.6 is 11.6 Å². The Balaban J connectivity index is 0.000000157. The molecule has 13 heteroatoms. The van der Waals surface area contributed by atoms with Gasteiger partial charge in [0.2, 0.25) is 5.28 Å². The van der Waals surface area contributed by atoms with E-state index in [1.807, 2.05) is 20.8 Å². The van der Waals surface area contributed by atoms with Crippen molar-refractivity contribution in [3.63, 3.8) is 0 Å². The molecule has 0 amide bonds. The number of hydrogen-bond donors (Lipinski definition) is 5. The number of alkyl halides is 1. The summed E-state index contributed by atoms with van der Waals surface area (Å²) >= 11 is 5.77. The molecule has 5 aliphatic rings. The average Bonchev–Trinajstić information content (AvgIpc) is 3.59. The second kappa shape index (κ2) is 10.4. The van der Waals surface area contributed by atoms with Crippen molar-refractivity contribution in [2.45, 2.75) is 108 Å². The number of carbonyl (C=O) groups is 1. The molecule has 0 unspecified atom stereocenters. The number of nitrogens with zero attached hydrogens (tertiary/aromatic N) is 4. The van der Waals surface area contributed by atoms with Gasteiger partial charge in [0.15, 0.2) is 17.2 Å². The Hall–Kier alpha value is -2.22. The number of imidazole rings is 1. The summed E-state index contributed by atoms with van der Waals surface area (Å²) in [6, 6.07) is 0. The van der Waals surface area contributed by atoms with E-state index < -0.39 is 46.6 Å². The van der Waals surface area contributed by atoms with Gasteiger partial charge in [-0.25, -0.2) is 9.37 Å². The van der Waals surface area contributed by atoms with Crippen molar-refractivity contribution in [3.8, 4) is 0 Å². The van der Waals surface area contributed by atoms with E-state index in [0.29, 0.717) is 49.7 Å². The fraction of sp³-hybridized carbons (Fsp3) is 0.733. The van der Waals surface area contributed by atoms with Crippen LogP contribution in [0, 0.1) is 22.7 Å². The largest absolute Gasteiger partial charge is 0.394 e. The Morgan fingerprint density at radius 2 is 1.91 bits per heavy atom. The first-order valence-corrected chi connectivity index (χ1v) is 15.5. The van der Waals surface area contributed by atoms with Crippen molar-refractivity contribution in [1.82, 2.24) is 19.5 Å². The Morgan fingerprint density at radius 3 is 2.60 bits per heavy atom. The zero-order valence-electron chi connectivity index (χ0n) is 24.7. The Kier molecular flexibility index (Phi) is 7.46. The smallest absolute Gasteiger partial charge is 0.226 e. The third kappa shape index (κ3) is 4.46. The van der Waals surface area contributed by atoms with Crippen molar-refractivity contribution >= 4 is 34.4 Å². The van der Waals surface area contributed by atoms with Crippen LogP contribution in [0.2, 0.25) is 5.28 Å². The number of allylic oxidation sites excluding steroid dienone is 1. The van der Waals surface area contributed by atoms with Gasteiger partial charge in [0.05, 0.1) is 30.7 Å². The van der Waals surface area contributed by atoms with E-state index in [9.17, 15) is 20.1 Å². The molecular formula is C30H41ClFN5O6. The van der Waals surface area contributed by atoms with Crippen LogP contribution in [0.4, 0.5) is 10.2 Å². The third-order valence-electron chi connectivity index (χ3n) is 11.7. The summed E-state index contributed by atoms with van der Waals surface area (Å²) < 4.78 is 23.8. The number of ketones is 1. The third-order valence-corrected chi connectivity index (χ3v) is 11.9. The van der Waals surface area contributed by atoms with E-state index in [1.54, 1.807) is 10.6 Å². The van der Waals surface area contributed by atoms with Gasteiger partial charge in [0, 0.05) is 29.6 Å². The molecule has 4 aliphatic carbocycles. The summed E-state index contributed by atoms with van der Waals surface area (Å²) in [5, 5.41) is 40.7. The molecule has 6 N–H and O–H groups in total. The molecule has 0 bridgehead atoms. The van der Waals surface area contributed by atoms with E-state index >= 15 is 4.39 Å². The van der Waals surface area contributed by atoms with E-state index in [4.69, 9.17) is 27.2 Å². The quantitative estimate of drug-likeness (QED) is 0.313. The number of fused-ring (bicyclic) bond motifs is 6. The molecular weight excluding hydrogens is 581 g/mol. The summed E-state index contributed by atoms with van der Waals surface area (Å²) in [7, 11) is 0. The number of anilines is 1. The SMILES string of the molecule is C[C@]1(O)CC[C@H]2[C@@H]3CCC4=CC(=O)CC[C@]4(C)[C@@]3(F)[C@@H](O)C[C@@]21C.Nc1nc(Cl)nc2c1ncn2[C@H]1C[C@H](O)[C@@H](CO)O1. The Bertz CT molecular complexity index is 1470. The molecule has 0 radical (unpaired) electrons. The van der Waals surface area contributed by atoms with E-state index in [1.165, 1.54) is 6.33 Å². The molecule has 1 saturated heterocycles. The van der Waals surface area contributed by atoms with Gasteiger partial charge in [-0.3, -0.25) is 9.36 Å². The Morgan fingerprint density at radius 1 is 1.16 bits per heavy atom. The van der Waals surface area contributed by atoms with Crippen molar-refractivity contribution in [1.29, 1.82) is 0 Å². The molecule has 1 aliphatic heterocycles. The van der Waals surface area contributed by atoms with Gasteiger partial charge in [-0.05, 0) is 69.0 Å². The van der Waals surface area contributed by atoms with Gasteiger partial charge < -0.3 is 30.9 Å². The highest BCUT2D eigenvalue weighted by Gasteiger charge is 2.72. The maximum Gasteiger partial charge on any atom is 0.226 e. The molecule has 43 heavy (non-hydrogen) atoms. The van der Waals surface area contributed by atoms with Crippen molar-refractivity contribution < 1.29 is 34.3 Å². The molecule has 2 aromatic heterocycles. The van der Waals surface area contributed by atoms with Crippen LogP contribution in [-0.4, -0.2) is 81.9 Å². The maximum atomic E-state index is 16.6. The van der Waals surface area contributed by atoms with Gasteiger partial charge in [0.1, 0.15) is 23.5 Å². The molecule has 4 fully saturated rings. The van der Waals surface area contributed by atoms with Gasteiger partial charge in [0.25, 0.3) is 0 Å². The van der Waals surface area contributed by atoms with Crippen LogP contribution in [0.1, 0.15) is 78.4 Å². The molecule has 10 atom stereocenters. The minimum Gasteiger partial charge on any atom is -0.394 e. The van der Waals surface area contributed by atoms with Crippen molar-refractivity contribution in [2.24, 2.45) is 22.7 Å². The summed E-state index contributed by atoms with van der Waals surface area (Å²) in [6.45, 7) is 5.55. The highest BCUT2D eigenvalue weighted by molar-refractivity contribution is 6.28. The molecule has 236 valence electrons. The highest BCUT2D eigenvalue weighted by Crippen LogP contribution is 2.70. The van der Waals surface area contributed by atoms with Gasteiger partial charge in [-0.1, -0.05) is 19.4 Å². The predicted molar refractivity (Wildman–Crippen MR) is 155 cm³/mol. The monoisotopic (exact) mass is 621 g/mol. The lowest BCUT2D eigenvalue weighted by molar-refractivity contribution is -0.225. The first kappa shape index (κ1) is 30.8. The number of aromatic nitrogens is 4. The standard InChI is InChI=1S/C20H29FO3.C10H12ClN5O3/c1-17-8-6-13(22)10-12(17)4-5-15-14-7-9-19(3,24)18(14,2)11-16(23)20(15,17)21;11-10-14-8(12)7-9(15-10)16(3-13-7)6-1-4(18)5(2-17)19-6/h10,14-16,23-24H,4-9,11H2,1-3H3;3-6,17-18H,1-2H2,(H2,12,14,15)/t14-,15-,16-,17-,18-,19-,20-;4-,5+,6+/m00/s1. The fourth-order valence-corrected chi connectivity index (χ4v) is 9.13. The second-order valence-corrected chi connectivity index (χ2v) is 14.1. The Labute approximate surface area is 254 Å². The lowest BCUT2D eigenvalue weighted by atomic mass is 9.44. The number of nitrogen functional groups attached to an aromatic ring is 1. The molecule has 3 heterocycles. The number of ether oxygens (including phenoxy) is 1. The van der Waals surface area contributed by atoms with Crippen LogP contribution in [0.3, 0.4) is 0 Å². The molecule has 0 spiro atoms. The van der Waals surface area contributed by atoms with E-state index in [0.717, 1.165) is 18.4 Å². The number of carbonyl (C=O) groups excluding carboxylic acids is 1. The van der Waals surface area contributed by atoms with Crippen molar-refractivity contribution in [3.05, 3.63) is 23.3 Å². The topological polar surface area (TPSA) is 177 Å². The van der Waals surface area contributed by atoms with Gasteiger partial charge >= 0.3 is 0 Å². The number of aliphatic hydroxyl groups is 4. The van der Waals surface area contributed by atoms with Gasteiger partial charge in [-0.2, -0.15) is 9.97 Å². The number of rotatable bonds is 2. The second-order valence-electron chi connectivity index (χ2n) is 13.8. The zero-order valence-corrected chi connectivity index (χ0v) is 25.5. The van der Waals surface area contributed by atoms with Crippen molar-refractivity contribution in [2.75, 3.05) is 12.3 Å². The maximum absolute atomic E-state index is 16.6. The van der Waals surface area contributed by atoms with Gasteiger partial charge in [-0.15, -0.1) is 0 Å². The summed E-state index contributed by atoms with van der Waals surface area (Å²) in [5.41, 5.74) is 3.74. The van der Waals surface area contributed by atoms with E-state index in [2.05, 4.69) is 15.0 Å². The highest BCUT2D eigenvalue weighted by atomic mass is 35.5. The average molecular weight is 622 g/mol. The normalized spacial score (nSPS) is 43.8. The minimum atomic E-state index is -1.69. The molecule has 11 nitrogen and oxygen atoms in total. The summed E-state index contributed by atoms with van der Waals surface area (Å²) in [5.74, 6) is 0.127. The van der Waals surface area contributed by atoms with Crippen LogP contribution in [0.15, 0.2) is 18.0 Å². The first-order chi connectivity index (χ1) is 20.2. The molecule has 3 saturated carbocycles. The first-order valence-electron chi connectivity index (χ1n) is 15.1. The molecule has 0 aromatic carbocycles. The van der Waals surface area contributed by atoms with Crippen LogP contribution < -0.4 is 5.73 Å². The zero-order chi connectivity index (χ0) is 31.1.